The summed E-state index contributed by atoms with van der Waals surface area (Å²) in [7, 11) is -2.52. The van der Waals surface area contributed by atoms with Crippen LogP contribution in [0, 0.1) is 17.8 Å². The van der Waals surface area contributed by atoms with Crippen LogP contribution in [0.15, 0.2) is 4.42 Å². The van der Waals surface area contributed by atoms with Crippen molar-refractivity contribution in [1.82, 2.24) is 4.90 Å². The zero-order chi connectivity index (χ0) is 30.3. The molecule has 0 N–H and O–H groups in total. The van der Waals surface area contributed by atoms with Crippen molar-refractivity contribution in [2.75, 3.05) is 20.3 Å². The number of likely N-dealkylation sites (N-methyl/N-ethyl adjacent to an activating group) is 1. The van der Waals surface area contributed by atoms with Crippen LogP contribution in [0.25, 0.3) is 0 Å². The highest BCUT2D eigenvalue weighted by molar-refractivity contribution is 6.75. The average Bonchev–Trinajstić information content (AvgIpc) is 3.43. The van der Waals surface area contributed by atoms with Gasteiger partial charge in [0.2, 0.25) is 0 Å². The van der Waals surface area contributed by atoms with E-state index in [-0.39, 0.29) is 27.6 Å². The molecule has 1 amide bonds. The highest BCUT2D eigenvalue weighted by atomic mass is 28.4. The van der Waals surface area contributed by atoms with Crippen molar-refractivity contribution < 1.29 is 27.5 Å². The molecule has 0 bridgehead atoms. The molecule has 1 saturated carbocycles. The third kappa shape index (κ3) is 4.71. The Bertz CT molecular complexity index is 1140. The SMILES string of the molecule is Cc1c(O[Si](C)(C)C(C)(C)C)oc2c1C[C@H](N(C)C(=O)O[Si](C)(C)C(C)(C)C)[C@@]1(C)CCC3(OCCO3)[C@@]1(C)C2. The molecule has 0 unspecified atom stereocenters. The van der Waals surface area contributed by atoms with Gasteiger partial charge in [0, 0.05) is 42.5 Å². The van der Waals surface area contributed by atoms with E-state index in [2.05, 4.69) is 88.5 Å². The number of fused-ring (bicyclic) bond motifs is 3. The van der Waals surface area contributed by atoms with Gasteiger partial charge in [0.25, 0.3) is 22.6 Å². The van der Waals surface area contributed by atoms with E-state index in [1.807, 2.05) is 11.9 Å². The lowest BCUT2D eigenvalue weighted by Gasteiger charge is -2.52. The molecule has 3 aliphatic rings. The Morgan fingerprint density at radius 1 is 0.950 bits per heavy atom. The molecule has 1 spiro atoms. The van der Waals surface area contributed by atoms with Crippen molar-refractivity contribution >= 4 is 22.7 Å². The van der Waals surface area contributed by atoms with Gasteiger partial charge in [-0.05, 0) is 61.4 Å². The predicted molar refractivity (Wildman–Crippen MR) is 164 cm³/mol. The molecule has 40 heavy (non-hydrogen) atoms. The summed E-state index contributed by atoms with van der Waals surface area (Å²) in [5, 5.41) is -0.0237. The van der Waals surface area contributed by atoms with Crippen molar-refractivity contribution in [2.45, 2.75) is 136 Å². The highest BCUT2D eigenvalue weighted by Gasteiger charge is 2.70. The molecule has 1 saturated heterocycles. The largest absolute Gasteiger partial charge is 0.518 e. The number of rotatable bonds is 4. The number of hydrogen-bond acceptors (Lipinski definition) is 6. The molecule has 2 aliphatic carbocycles. The first-order valence-corrected chi connectivity index (χ1v) is 20.9. The first-order chi connectivity index (χ1) is 18.0. The first kappa shape index (κ1) is 31.6. The van der Waals surface area contributed by atoms with Crippen molar-refractivity contribution in [2.24, 2.45) is 10.8 Å². The van der Waals surface area contributed by atoms with Gasteiger partial charge in [0.15, 0.2) is 5.79 Å². The second-order valence-electron chi connectivity index (χ2n) is 16.1. The molecule has 3 atom stereocenters. The van der Waals surface area contributed by atoms with Gasteiger partial charge in [-0.2, -0.15) is 0 Å². The zero-order valence-corrected chi connectivity index (χ0v) is 29.7. The molecule has 4 rings (SSSR count). The second-order valence-corrected chi connectivity index (χ2v) is 25.6. The second kappa shape index (κ2) is 9.61. The van der Waals surface area contributed by atoms with Crippen LogP contribution in [-0.4, -0.2) is 59.7 Å². The summed E-state index contributed by atoms with van der Waals surface area (Å²) < 4.78 is 32.7. The maximum atomic E-state index is 13.9. The Kier molecular flexibility index (Phi) is 7.60. The third-order valence-corrected chi connectivity index (χ3v) is 20.5. The maximum Gasteiger partial charge on any atom is 0.396 e. The van der Waals surface area contributed by atoms with Crippen LogP contribution in [0.4, 0.5) is 4.79 Å². The number of furan rings is 1. The lowest BCUT2D eigenvalue weighted by molar-refractivity contribution is -0.240. The van der Waals surface area contributed by atoms with E-state index in [0.29, 0.717) is 32.0 Å². The number of amides is 1. The van der Waals surface area contributed by atoms with Crippen LogP contribution in [0.3, 0.4) is 0 Å². The Balaban J connectivity index is 1.80. The van der Waals surface area contributed by atoms with Gasteiger partial charge in [-0.1, -0.05) is 55.4 Å². The van der Waals surface area contributed by atoms with E-state index in [9.17, 15) is 4.79 Å². The monoisotopic (exact) mass is 593 g/mol. The average molecular weight is 594 g/mol. The van der Waals surface area contributed by atoms with Gasteiger partial charge < -0.3 is 27.6 Å². The van der Waals surface area contributed by atoms with E-state index < -0.39 is 27.8 Å². The summed E-state index contributed by atoms with van der Waals surface area (Å²) in [5.41, 5.74) is 1.49. The van der Waals surface area contributed by atoms with Crippen LogP contribution in [0.2, 0.25) is 36.3 Å². The topological polar surface area (TPSA) is 70.4 Å². The maximum absolute atomic E-state index is 13.9. The van der Waals surface area contributed by atoms with Crippen molar-refractivity contribution in [1.29, 1.82) is 0 Å². The number of carbonyl (C=O) groups is 1. The lowest BCUT2D eigenvalue weighted by Crippen LogP contribution is -2.59. The molecular weight excluding hydrogens is 539 g/mol. The molecule has 1 aliphatic heterocycles. The minimum absolute atomic E-state index is 0.0471. The van der Waals surface area contributed by atoms with Crippen LogP contribution in [0.1, 0.15) is 85.1 Å². The van der Waals surface area contributed by atoms with E-state index in [1.54, 1.807) is 0 Å². The van der Waals surface area contributed by atoms with Crippen LogP contribution in [-0.2, 0) is 26.7 Å². The number of ether oxygens (including phenoxy) is 2. The summed E-state index contributed by atoms with van der Waals surface area (Å²) in [6.07, 6.45) is 2.79. The summed E-state index contributed by atoms with van der Waals surface area (Å²) in [4.78, 5) is 15.8. The molecule has 1 aromatic rings. The van der Waals surface area contributed by atoms with Crippen molar-refractivity contribution in [3.8, 4) is 5.95 Å². The van der Waals surface area contributed by atoms with Gasteiger partial charge >= 0.3 is 6.09 Å². The molecule has 9 heteroatoms. The lowest BCUT2D eigenvalue weighted by atomic mass is 9.60. The highest BCUT2D eigenvalue weighted by Crippen LogP contribution is 2.66. The fourth-order valence-corrected chi connectivity index (χ4v) is 8.40. The Morgan fingerprint density at radius 3 is 2.02 bits per heavy atom. The van der Waals surface area contributed by atoms with Gasteiger partial charge in [-0.25, -0.2) is 4.79 Å². The minimum atomic E-state index is -2.31. The molecule has 228 valence electrons. The van der Waals surface area contributed by atoms with Crippen molar-refractivity contribution in [3.63, 3.8) is 0 Å². The molecule has 2 heterocycles. The molecule has 0 aromatic carbocycles. The summed E-state index contributed by atoms with van der Waals surface area (Å²) in [6.45, 7) is 29.9. The molecule has 0 radical (unpaired) electrons. The van der Waals surface area contributed by atoms with Gasteiger partial charge in [0.05, 0.1) is 13.2 Å². The summed E-state index contributed by atoms with van der Waals surface area (Å²) in [5.74, 6) is 0.871. The van der Waals surface area contributed by atoms with E-state index in [0.717, 1.165) is 29.7 Å². The number of nitrogens with zero attached hydrogens (tertiary/aromatic N) is 1. The van der Waals surface area contributed by atoms with E-state index in [4.69, 9.17) is 22.7 Å². The fourth-order valence-electron chi connectivity index (χ4n) is 6.55. The molecule has 7 nitrogen and oxygen atoms in total. The van der Waals surface area contributed by atoms with Gasteiger partial charge in [-0.3, -0.25) is 0 Å². The van der Waals surface area contributed by atoms with Crippen LogP contribution >= 0.6 is 0 Å². The van der Waals surface area contributed by atoms with E-state index in [1.165, 1.54) is 0 Å². The third-order valence-electron chi connectivity index (χ3n) is 11.8. The van der Waals surface area contributed by atoms with Crippen LogP contribution < -0.4 is 4.43 Å². The smallest absolute Gasteiger partial charge is 0.396 e. The van der Waals surface area contributed by atoms with Gasteiger partial charge in [-0.15, -0.1) is 0 Å². The molecule has 2 fully saturated rings. The van der Waals surface area contributed by atoms with Crippen molar-refractivity contribution in [3.05, 3.63) is 16.9 Å². The number of hydrogen-bond donors (Lipinski definition) is 0. The van der Waals surface area contributed by atoms with Gasteiger partial charge in [0.1, 0.15) is 5.76 Å². The Hall–Kier alpha value is -1.30. The first-order valence-electron chi connectivity index (χ1n) is 15.1. The number of carbonyl (C=O) groups excluding carboxylic acids is 1. The molecule has 1 aromatic heterocycles. The summed E-state index contributed by atoms with van der Waals surface area (Å²) >= 11 is 0. The fraction of sp³-hybridized carbons (Fsp3) is 0.839. The normalized spacial score (nSPS) is 28.7. The minimum Gasteiger partial charge on any atom is -0.518 e. The predicted octanol–water partition coefficient (Wildman–Crippen LogP) is 8.06. The quantitative estimate of drug-likeness (QED) is 0.329. The van der Waals surface area contributed by atoms with E-state index >= 15 is 0 Å². The van der Waals surface area contributed by atoms with Crippen LogP contribution in [0.5, 0.6) is 5.95 Å². The summed E-state index contributed by atoms with van der Waals surface area (Å²) in [6, 6.07) is -0.125. The zero-order valence-electron chi connectivity index (χ0n) is 27.7. The Labute approximate surface area is 244 Å². The molecular formula is C31H55NO6Si2. The standard InChI is InChI=1S/C31H55NO6Si2/c1-21-22-19-24(32(10)26(33)38-40(13,14)28(5,6)7)29(8)15-16-31(34-17-18-35-31)30(29,9)20-23(22)36-25(21)37-39(11,12)27(2,3)4/h24H,15-20H2,1-14H3/t24-,29+,30-/m0/s1. The Morgan fingerprint density at radius 2 is 1.50 bits per heavy atom.